The fraction of sp³-hybridized carbons (Fsp3) is 0.556. The van der Waals surface area contributed by atoms with Gasteiger partial charge in [0, 0.05) is 16.3 Å². The molecular formula is C9H15NOS. The van der Waals surface area contributed by atoms with Crippen molar-refractivity contribution in [2.75, 3.05) is 7.11 Å². The molecule has 0 spiro atoms. The molecule has 2 N–H and O–H groups in total. The molecule has 1 heterocycles. The zero-order valence-electron chi connectivity index (χ0n) is 7.54. The minimum absolute atomic E-state index is 0.184. The Balaban J connectivity index is 2.61. The molecule has 2 nitrogen and oxygen atoms in total. The van der Waals surface area contributed by atoms with Crippen molar-refractivity contribution < 1.29 is 4.74 Å². The molecule has 0 aliphatic rings. The quantitative estimate of drug-likeness (QED) is 0.782. The molecule has 0 aliphatic heterocycles. The summed E-state index contributed by atoms with van der Waals surface area (Å²) in [5.41, 5.74) is 5.93. The standard InChI is InChI=1S/C9H15NOS/c1-3-4-8(10)9-5-7(11-2)6-12-9/h5-6,8H,3-4,10H2,1-2H3. The normalized spacial score (nSPS) is 12.9. The first-order valence-electron chi connectivity index (χ1n) is 4.16. The van der Waals surface area contributed by atoms with Gasteiger partial charge in [0.05, 0.1) is 7.11 Å². The van der Waals surface area contributed by atoms with Gasteiger partial charge >= 0.3 is 0 Å². The van der Waals surface area contributed by atoms with Crippen molar-refractivity contribution in [1.82, 2.24) is 0 Å². The third-order valence-corrected chi connectivity index (χ3v) is 2.84. The summed E-state index contributed by atoms with van der Waals surface area (Å²) in [6, 6.07) is 2.20. The summed E-state index contributed by atoms with van der Waals surface area (Å²) in [5, 5.41) is 1.99. The lowest BCUT2D eigenvalue weighted by molar-refractivity contribution is 0.416. The smallest absolute Gasteiger partial charge is 0.129 e. The minimum atomic E-state index is 0.184. The van der Waals surface area contributed by atoms with Crippen LogP contribution in [-0.4, -0.2) is 7.11 Å². The fourth-order valence-electron chi connectivity index (χ4n) is 1.09. The largest absolute Gasteiger partial charge is 0.496 e. The van der Waals surface area contributed by atoms with Gasteiger partial charge in [0.1, 0.15) is 5.75 Å². The Morgan fingerprint density at radius 2 is 2.42 bits per heavy atom. The summed E-state index contributed by atoms with van der Waals surface area (Å²) in [7, 11) is 1.68. The number of hydrogen-bond acceptors (Lipinski definition) is 3. The van der Waals surface area contributed by atoms with Crippen LogP contribution in [0.25, 0.3) is 0 Å². The monoisotopic (exact) mass is 185 g/mol. The molecule has 1 aromatic heterocycles. The van der Waals surface area contributed by atoms with E-state index in [0.717, 1.165) is 18.6 Å². The highest BCUT2D eigenvalue weighted by Crippen LogP contribution is 2.27. The molecule has 12 heavy (non-hydrogen) atoms. The van der Waals surface area contributed by atoms with Gasteiger partial charge in [0.25, 0.3) is 0 Å². The van der Waals surface area contributed by atoms with E-state index >= 15 is 0 Å². The van der Waals surface area contributed by atoms with Crippen molar-refractivity contribution in [3.05, 3.63) is 16.3 Å². The molecule has 0 saturated carbocycles. The third kappa shape index (κ3) is 2.22. The van der Waals surface area contributed by atoms with Gasteiger partial charge in [-0.25, -0.2) is 0 Å². The van der Waals surface area contributed by atoms with Gasteiger partial charge in [0.15, 0.2) is 0 Å². The number of ether oxygens (including phenoxy) is 1. The van der Waals surface area contributed by atoms with Crippen molar-refractivity contribution in [3.8, 4) is 5.75 Å². The van der Waals surface area contributed by atoms with Gasteiger partial charge in [-0.15, -0.1) is 11.3 Å². The molecular weight excluding hydrogens is 170 g/mol. The number of hydrogen-bond donors (Lipinski definition) is 1. The van der Waals surface area contributed by atoms with Gasteiger partial charge in [-0.2, -0.15) is 0 Å². The summed E-state index contributed by atoms with van der Waals surface area (Å²) in [6.45, 7) is 2.14. The highest BCUT2D eigenvalue weighted by atomic mass is 32.1. The van der Waals surface area contributed by atoms with Gasteiger partial charge in [0.2, 0.25) is 0 Å². The molecule has 0 amide bonds. The predicted molar refractivity (Wildman–Crippen MR) is 52.7 cm³/mol. The highest BCUT2D eigenvalue weighted by Gasteiger charge is 2.07. The van der Waals surface area contributed by atoms with E-state index < -0.39 is 0 Å². The molecule has 1 rings (SSSR count). The van der Waals surface area contributed by atoms with Gasteiger partial charge in [-0.3, -0.25) is 0 Å². The molecule has 0 aliphatic carbocycles. The average Bonchev–Trinajstić information content (AvgIpc) is 2.52. The van der Waals surface area contributed by atoms with E-state index in [4.69, 9.17) is 10.5 Å². The fourth-order valence-corrected chi connectivity index (χ4v) is 1.98. The maximum absolute atomic E-state index is 5.93. The first-order valence-corrected chi connectivity index (χ1v) is 5.04. The molecule has 1 unspecified atom stereocenters. The van der Waals surface area contributed by atoms with Crippen LogP contribution in [0.5, 0.6) is 5.75 Å². The zero-order chi connectivity index (χ0) is 8.97. The Kier molecular flexibility index (Phi) is 3.56. The predicted octanol–water partition coefficient (Wildman–Crippen LogP) is 2.56. The van der Waals surface area contributed by atoms with E-state index in [1.807, 2.05) is 11.4 Å². The Labute approximate surface area is 77.3 Å². The Bertz CT molecular complexity index is 234. The third-order valence-electron chi connectivity index (χ3n) is 1.80. The van der Waals surface area contributed by atoms with Crippen LogP contribution >= 0.6 is 11.3 Å². The second-order valence-electron chi connectivity index (χ2n) is 2.78. The van der Waals surface area contributed by atoms with E-state index in [9.17, 15) is 0 Å². The Hall–Kier alpha value is -0.540. The SMILES string of the molecule is CCCC(N)c1cc(OC)cs1. The molecule has 0 aromatic carbocycles. The van der Waals surface area contributed by atoms with Gasteiger partial charge in [-0.1, -0.05) is 13.3 Å². The van der Waals surface area contributed by atoms with E-state index in [1.54, 1.807) is 18.4 Å². The number of rotatable bonds is 4. The van der Waals surface area contributed by atoms with Crippen LogP contribution in [0.3, 0.4) is 0 Å². The van der Waals surface area contributed by atoms with Crippen LogP contribution in [0.15, 0.2) is 11.4 Å². The van der Waals surface area contributed by atoms with Crippen LogP contribution in [0.2, 0.25) is 0 Å². The Morgan fingerprint density at radius 1 is 1.67 bits per heavy atom. The highest BCUT2D eigenvalue weighted by molar-refractivity contribution is 7.10. The van der Waals surface area contributed by atoms with E-state index in [2.05, 4.69) is 6.92 Å². The summed E-state index contributed by atoms with van der Waals surface area (Å²) in [6.07, 6.45) is 2.17. The summed E-state index contributed by atoms with van der Waals surface area (Å²) < 4.78 is 5.08. The van der Waals surface area contributed by atoms with Crippen LogP contribution in [0.4, 0.5) is 0 Å². The molecule has 0 fully saturated rings. The summed E-state index contributed by atoms with van der Waals surface area (Å²) in [5.74, 6) is 0.918. The van der Waals surface area contributed by atoms with Crippen molar-refractivity contribution >= 4 is 11.3 Å². The molecule has 68 valence electrons. The lowest BCUT2D eigenvalue weighted by atomic mass is 10.1. The first-order chi connectivity index (χ1) is 5.77. The van der Waals surface area contributed by atoms with Gasteiger partial charge in [-0.05, 0) is 12.5 Å². The number of thiophene rings is 1. The second-order valence-corrected chi connectivity index (χ2v) is 3.73. The second kappa shape index (κ2) is 4.48. The van der Waals surface area contributed by atoms with Crippen molar-refractivity contribution in [2.24, 2.45) is 5.73 Å². The number of nitrogens with two attached hydrogens (primary N) is 1. The molecule has 3 heteroatoms. The molecule has 0 radical (unpaired) electrons. The van der Waals surface area contributed by atoms with Crippen LogP contribution in [-0.2, 0) is 0 Å². The maximum Gasteiger partial charge on any atom is 0.129 e. The summed E-state index contributed by atoms with van der Waals surface area (Å²) in [4.78, 5) is 1.22. The molecule has 0 saturated heterocycles. The maximum atomic E-state index is 5.93. The lowest BCUT2D eigenvalue weighted by Crippen LogP contribution is -2.07. The zero-order valence-corrected chi connectivity index (χ0v) is 8.36. The molecule has 1 aromatic rings. The Morgan fingerprint density at radius 3 is 2.92 bits per heavy atom. The molecule has 1 atom stereocenters. The topological polar surface area (TPSA) is 35.2 Å². The van der Waals surface area contributed by atoms with E-state index in [0.29, 0.717) is 0 Å². The molecule has 0 bridgehead atoms. The van der Waals surface area contributed by atoms with E-state index in [1.165, 1.54) is 4.88 Å². The van der Waals surface area contributed by atoms with Crippen LogP contribution in [0, 0.1) is 0 Å². The van der Waals surface area contributed by atoms with Crippen molar-refractivity contribution in [1.29, 1.82) is 0 Å². The average molecular weight is 185 g/mol. The minimum Gasteiger partial charge on any atom is -0.496 e. The first kappa shape index (κ1) is 9.55. The van der Waals surface area contributed by atoms with Crippen molar-refractivity contribution in [2.45, 2.75) is 25.8 Å². The summed E-state index contributed by atoms with van der Waals surface area (Å²) >= 11 is 1.67. The van der Waals surface area contributed by atoms with Crippen LogP contribution in [0.1, 0.15) is 30.7 Å². The van der Waals surface area contributed by atoms with E-state index in [-0.39, 0.29) is 6.04 Å². The lowest BCUT2D eigenvalue weighted by Gasteiger charge is -2.05. The number of methoxy groups -OCH3 is 1. The van der Waals surface area contributed by atoms with Gasteiger partial charge < -0.3 is 10.5 Å². The van der Waals surface area contributed by atoms with Crippen LogP contribution < -0.4 is 10.5 Å². The van der Waals surface area contributed by atoms with Crippen molar-refractivity contribution in [3.63, 3.8) is 0 Å².